The van der Waals surface area contributed by atoms with Crippen molar-refractivity contribution in [2.45, 2.75) is 26.4 Å². The number of anilines is 1. The van der Waals surface area contributed by atoms with Gasteiger partial charge in [0.05, 0.1) is 12.7 Å². The van der Waals surface area contributed by atoms with E-state index < -0.39 is 0 Å². The highest BCUT2D eigenvalue weighted by molar-refractivity contribution is 5.74. The predicted octanol–water partition coefficient (Wildman–Crippen LogP) is 2.61. The average Bonchev–Trinajstić information content (AvgIpc) is 3.02. The molecule has 0 amide bonds. The molecule has 19 heavy (non-hydrogen) atoms. The van der Waals surface area contributed by atoms with Gasteiger partial charge in [0.15, 0.2) is 5.58 Å². The standard InChI is InChI=1S/C13H15N5O/c1-9(2)18-8-10(16-17-18)7-14-13-15-11-5-3-4-6-12(11)19-13/h3-6,8-9H,7H2,1-2H3,(H,14,15). The van der Waals surface area contributed by atoms with Crippen molar-refractivity contribution in [1.29, 1.82) is 0 Å². The first-order chi connectivity index (χ1) is 9.22. The van der Waals surface area contributed by atoms with E-state index in [0.29, 0.717) is 18.6 Å². The molecule has 3 aromatic rings. The predicted molar refractivity (Wildman–Crippen MR) is 71.7 cm³/mol. The highest BCUT2D eigenvalue weighted by Gasteiger charge is 2.07. The lowest BCUT2D eigenvalue weighted by Crippen LogP contribution is -2.01. The number of benzene rings is 1. The van der Waals surface area contributed by atoms with Gasteiger partial charge in [0.1, 0.15) is 11.2 Å². The smallest absolute Gasteiger partial charge is 0.296 e. The molecule has 0 unspecified atom stereocenters. The van der Waals surface area contributed by atoms with Gasteiger partial charge in [-0.3, -0.25) is 0 Å². The van der Waals surface area contributed by atoms with Gasteiger partial charge in [-0.05, 0) is 26.0 Å². The molecule has 2 aromatic heterocycles. The summed E-state index contributed by atoms with van der Waals surface area (Å²) in [6.07, 6.45) is 1.92. The van der Waals surface area contributed by atoms with E-state index in [2.05, 4.69) is 34.5 Å². The number of nitrogens with zero attached hydrogens (tertiary/aromatic N) is 4. The van der Waals surface area contributed by atoms with Gasteiger partial charge in [-0.25, -0.2) is 4.68 Å². The van der Waals surface area contributed by atoms with Crippen LogP contribution in [-0.2, 0) is 6.54 Å². The first-order valence-electron chi connectivity index (χ1n) is 6.22. The molecule has 0 radical (unpaired) electrons. The molecule has 6 nitrogen and oxygen atoms in total. The van der Waals surface area contributed by atoms with Crippen molar-refractivity contribution in [2.75, 3.05) is 5.32 Å². The Morgan fingerprint density at radius 2 is 2.16 bits per heavy atom. The number of fused-ring (bicyclic) bond motifs is 1. The lowest BCUT2D eigenvalue weighted by atomic mass is 10.3. The normalized spacial score (nSPS) is 11.3. The highest BCUT2D eigenvalue weighted by atomic mass is 16.4. The summed E-state index contributed by atoms with van der Waals surface area (Å²) in [5, 5.41) is 11.2. The van der Waals surface area contributed by atoms with Crippen LogP contribution in [0.15, 0.2) is 34.9 Å². The Labute approximate surface area is 110 Å². The van der Waals surface area contributed by atoms with Gasteiger partial charge in [-0.15, -0.1) is 5.10 Å². The second-order valence-electron chi connectivity index (χ2n) is 4.62. The van der Waals surface area contributed by atoms with E-state index in [1.54, 1.807) is 0 Å². The molecule has 0 saturated heterocycles. The summed E-state index contributed by atoms with van der Waals surface area (Å²) in [5.74, 6) is 0. The molecule has 0 fully saturated rings. The van der Waals surface area contributed by atoms with Crippen molar-refractivity contribution in [2.24, 2.45) is 0 Å². The first kappa shape index (κ1) is 11.7. The second kappa shape index (κ2) is 4.72. The van der Waals surface area contributed by atoms with Gasteiger partial charge in [0.25, 0.3) is 6.01 Å². The van der Waals surface area contributed by atoms with Crippen LogP contribution in [0.3, 0.4) is 0 Å². The van der Waals surface area contributed by atoms with Crippen LogP contribution in [0, 0.1) is 0 Å². The minimum absolute atomic E-state index is 0.311. The van der Waals surface area contributed by atoms with Crippen LogP contribution in [0.25, 0.3) is 11.1 Å². The molecule has 0 aliphatic rings. The van der Waals surface area contributed by atoms with Crippen molar-refractivity contribution in [3.8, 4) is 0 Å². The number of para-hydroxylation sites is 2. The molecular weight excluding hydrogens is 242 g/mol. The van der Waals surface area contributed by atoms with Crippen LogP contribution in [0.2, 0.25) is 0 Å². The Balaban J connectivity index is 1.71. The largest absolute Gasteiger partial charge is 0.424 e. The lowest BCUT2D eigenvalue weighted by Gasteiger charge is -2.01. The van der Waals surface area contributed by atoms with Gasteiger partial charge >= 0.3 is 0 Å². The fourth-order valence-corrected chi connectivity index (χ4v) is 1.76. The average molecular weight is 257 g/mol. The van der Waals surface area contributed by atoms with Crippen molar-refractivity contribution in [3.05, 3.63) is 36.2 Å². The van der Waals surface area contributed by atoms with E-state index in [9.17, 15) is 0 Å². The number of nitrogens with one attached hydrogen (secondary N) is 1. The monoisotopic (exact) mass is 257 g/mol. The topological polar surface area (TPSA) is 68.8 Å². The van der Waals surface area contributed by atoms with Crippen molar-refractivity contribution < 1.29 is 4.42 Å². The summed E-state index contributed by atoms with van der Waals surface area (Å²) in [6.45, 7) is 4.67. The van der Waals surface area contributed by atoms with Crippen molar-refractivity contribution in [1.82, 2.24) is 20.0 Å². The van der Waals surface area contributed by atoms with Crippen LogP contribution < -0.4 is 5.32 Å². The fraction of sp³-hybridized carbons (Fsp3) is 0.308. The zero-order valence-electron chi connectivity index (χ0n) is 10.9. The van der Waals surface area contributed by atoms with Gasteiger partial charge in [0, 0.05) is 6.04 Å². The minimum atomic E-state index is 0.311. The van der Waals surface area contributed by atoms with E-state index in [0.717, 1.165) is 16.8 Å². The van der Waals surface area contributed by atoms with E-state index in [1.807, 2.05) is 35.1 Å². The lowest BCUT2D eigenvalue weighted by molar-refractivity contribution is 0.514. The third kappa shape index (κ3) is 2.42. The molecule has 0 aliphatic carbocycles. The summed E-state index contributed by atoms with van der Waals surface area (Å²) in [7, 11) is 0. The molecule has 98 valence electrons. The minimum Gasteiger partial charge on any atom is -0.424 e. The Bertz CT molecular complexity index is 652. The second-order valence-corrected chi connectivity index (χ2v) is 4.62. The molecule has 0 atom stereocenters. The molecular formula is C13H15N5O. The number of rotatable bonds is 4. The third-order valence-corrected chi connectivity index (χ3v) is 2.80. The van der Waals surface area contributed by atoms with Crippen molar-refractivity contribution >= 4 is 17.1 Å². The molecule has 0 aliphatic heterocycles. The van der Waals surface area contributed by atoms with Gasteiger partial charge in [0.2, 0.25) is 0 Å². The van der Waals surface area contributed by atoms with Crippen LogP contribution in [-0.4, -0.2) is 20.0 Å². The van der Waals surface area contributed by atoms with E-state index in [-0.39, 0.29) is 0 Å². The Morgan fingerprint density at radius 3 is 2.89 bits per heavy atom. The third-order valence-electron chi connectivity index (χ3n) is 2.80. The van der Waals surface area contributed by atoms with Gasteiger partial charge in [-0.2, -0.15) is 4.98 Å². The zero-order chi connectivity index (χ0) is 13.2. The Morgan fingerprint density at radius 1 is 1.32 bits per heavy atom. The van der Waals surface area contributed by atoms with Gasteiger partial charge < -0.3 is 9.73 Å². The summed E-state index contributed by atoms with van der Waals surface area (Å²) >= 11 is 0. The molecule has 3 rings (SSSR count). The number of hydrogen-bond donors (Lipinski definition) is 1. The molecule has 1 aromatic carbocycles. The highest BCUT2D eigenvalue weighted by Crippen LogP contribution is 2.18. The summed E-state index contributed by atoms with van der Waals surface area (Å²) in [4.78, 5) is 4.34. The van der Waals surface area contributed by atoms with Crippen LogP contribution in [0.4, 0.5) is 6.01 Å². The molecule has 0 spiro atoms. The van der Waals surface area contributed by atoms with E-state index in [4.69, 9.17) is 4.42 Å². The van der Waals surface area contributed by atoms with Crippen LogP contribution >= 0.6 is 0 Å². The maximum absolute atomic E-state index is 5.57. The summed E-state index contributed by atoms with van der Waals surface area (Å²) < 4.78 is 7.39. The summed E-state index contributed by atoms with van der Waals surface area (Å²) in [5.41, 5.74) is 2.47. The maximum Gasteiger partial charge on any atom is 0.296 e. The van der Waals surface area contributed by atoms with Crippen LogP contribution in [0.1, 0.15) is 25.6 Å². The SMILES string of the molecule is CC(C)n1cc(CNc2nc3ccccc3o2)nn1. The molecule has 6 heteroatoms. The zero-order valence-corrected chi connectivity index (χ0v) is 10.9. The Kier molecular flexibility index (Phi) is 2.91. The fourth-order valence-electron chi connectivity index (χ4n) is 1.76. The van der Waals surface area contributed by atoms with Crippen LogP contribution in [0.5, 0.6) is 0 Å². The summed E-state index contributed by atoms with van der Waals surface area (Å²) in [6, 6.07) is 8.47. The van der Waals surface area contributed by atoms with E-state index >= 15 is 0 Å². The van der Waals surface area contributed by atoms with Crippen molar-refractivity contribution in [3.63, 3.8) is 0 Å². The molecule has 1 N–H and O–H groups in total. The number of hydrogen-bond acceptors (Lipinski definition) is 5. The maximum atomic E-state index is 5.57. The molecule has 0 bridgehead atoms. The van der Waals surface area contributed by atoms with E-state index in [1.165, 1.54) is 0 Å². The number of oxazole rings is 1. The number of aromatic nitrogens is 4. The molecule has 2 heterocycles. The van der Waals surface area contributed by atoms with Gasteiger partial charge in [-0.1, -0.05) is 17.3 Å². The first-order valence-corrected chi connectivity index (χ1v) is 6.22. The quantitative estimate of drug-likeness (QED) is 0.778. The Hall–Kier alpha value is -2.37. The molecule has 0 saturated carbocycles.